The summed E-state index contributed by atoms with van der Waals surface area (Å²) < 4.78 is 8.90. The van der Waals surface area contributed by atoms with Gasteiger partial charge in [-0.1, -0.05) is 84.1 Å². The van der Waals surface area contributed by atoms with Gasteiger partial charge in [-0.3, -0.25) is 14.8 Å². The smallest absolute Gasteiger partial charge is 0.355 e. The number of ether oxygens (including phenoxy) is 1. The Morgan fingerprint density at radius 2 is 1.71 bits per heavy atom. The molecule has 7 aromatic rings. The highest BCUT2D eigenvalue weighted by Gasteiger charge is 2.25. The predicted molar refractivity (Wildman–Crippen MR) is 198 cm³/mol. The van der Waals surface area contributed by atoms with Crippen molar-refractivity contribution in [3.05, 3.63) is 155 Å². The molecule has 4 heterocycles. The van der Waals surface area contributed by atoms with Gasteiger partial charge in [-0.15, -0.1) is 0 Å². The highest BCUT2D eigenvalue weighted by atomic mass is 32.1. The van der Waals surface area contributed by atoms with Crippen molar-refractivity contribution in [2.24, 2.45) is 0 Å². The van der Waals surface area contributed by atoms with Crippen LogP contribution in [0.2, 0.25) is 0 Å². The molecule has 1 amide bonds. The molecular formula is C40H32N6O4S. The molecule has 0 aliphatic carbocycles. The van der Waals surface area contributed by atoms with Gasteiger partial charge in [0.15, 0.2) is 10.8 Å². The van der Waals surface area contributed by atoms with E-state index in [1.165, 1.54) is 11.3 Å². The van der Waals surface area contributed by atoms with Crippen molar-refractivity contribution in [2.45, 2.75) is 26.1 Å². The molecule has 8 rings (SSSR count). The zero-order valence-corrected chi connectivity index (χ0v) is 28.2. The maximum Gasteiger partial charge on any atom is 0.355 e. The molecule has 2 N–H and O–H groups in total. The number of carboxylic acids is 1. The van der Waals surface area contributed by atoms with Crippen LogP contribution >= 0.6 is 11.3 Å². The summed E-state index contributed by atoms with van der Waals surface area (Å²) in [5, 5.41) is 18.3. The Balaban J connectivity index is 1.00. The van der Waals surface area contributed by atoms with E-state index in [9.17, 15) is 14.7 Å². The van der Waals surface area contributed by atoms with Gasteiger partial charge in [-0.25, -0.2) is 14.8 Å². The van der Waals surface area contributed by atoms with Crippen LogP contribution in [0.5, 0.6) is 5.75 Å². The third-order valence-electron chi connectivity index (χ3n) is 8.93. The van der Waals surface area contributed by atoms with Crippen LogP contribution in [0.1, 0.15) is 43.1 Å². The summed E-state index contributed by atoms with van der Waals surface area (Å²) in [5.41, 5.74) is 6.45. The van der Waals surface area contributed by atoms with E-state index >= 15 is 0 Å². The summed E-state index contributed by atoms with van der Waals surface area (Å²) in [4.78, 5) is 37.3. The standard InChI is InChI=1S/C40H32N6O4S/c47-38(44-40-42-33-14-5-7-16-35(33)51-40)31-13-8-12-27-19-20-45(24-32(27)31)36-18-17-30(37(43-36)39(48)49)29-21-41-46(23-29)22-28-11-4-6-15-34(28)50-25-26-9-2-1-3-10-26/h1-18,21,23H,19-20,22,24-25H2,(H,48,49)(H,42,44,47). The molecule has 0 atom stereocenters. The highest BCUT2D eigenvalue weighted by Crippen LogP contribution is 2.31. The molecule has 0 radical (unpaired) electrons. The van der Waals surface area contributed by atoms with E-state index in [-0.39, 0.29) is 11.6 Å². The number of nitrogens with zero attached hydrogens (tertiary/aromatic N) is 5. The Bertz CT molecular complexity index is 2360. The van der Waals surface area contributed by atoms with Crippen LogP contribution in [0.25, 0.3) is 21.3 Å². The Kier molecular flexibility index (Phi) is 8.69. The third kappa shape index (κ3) is 6.79. The van der Waals surface area contributed by atoms with E-state index in [1.54, 1.807) is 16.9 Å². The lowest BCUT2D eigenvalue weighted by atomic mass is 9.94. The summed E-state index contributed by atoms with van der Waals surface area (Å²) in [5.74, 6) is -0.0755. The molecule has 1 aliphatic heterocycles. The molecule has 4 aromatic carbocycles. The minimum atomic E-state index is -1.13. The van der Waals surface area contributed by atoms with Crippen molar-refractivity contribution < 1.29 is 19.4 Å². The van der Waals surface area contributed by atoms with Crippen molar-refractivity contribution in [1.82, 2.24) is 19.7 Å². The number of rotatable bonds is 10. The number of fused-ring (bicyclic) bond motifs is 2. The lowest BCUT2D eigenvalue weighted by molar-refractivity contribution is 0.0691. The maximum absolute atomic E-state index is 13.5. The Labute approximate surface area is 297 Å². The lowest BCUT2D eigenvalue weighted by Crippen LogP contribution is -2.33. The van der Waals surface area contributed by atoms with Crippen LogP contribution in [0.15, 0.2) is 122 Å². The number of benzene rings is 4. The van der Waals surface area contributed by atoms with Gasteiger partial charge in [-0.2, -0.15) is 5.10 Å². The van der Waals surface area contributed by atoms with Crippen molar-refractivity contribution >= 4 is 44.4 Å². The normalized spacial score (nSPS) is 12.4. The second-order valence-electron chi connectivity index (χ2n) is 12.2. The van der Waals surface area contributed by atoms with E-state index in [0.29, 0.717) is 60.3 Å². The lowest BCUT2D eigenvalue weighted by Gasteiger charge is -2.31. The fourth-order valence-corrected chi connectivity index (χ4v) is 7.24. The first-order valence-corrected chi connectivity index (χ1v) is 17.3. The van der Waals surface area contributed by atoms with Crippen LogP contribution in [-0.4, -0.2) is 43.3 Å². The topological polar surface area (TPSA) is 122 Å². The number of carbonyl (C=O) groups is 2. The Morgan fingerprint density at radius 3 is 2.57 bits per heavy atom. The summed E-state index contributed by atoms with van der Waals surface area (Å²) in [7, 11) is 0. The average Bonchev–Trinajstić information content (AvgIpc) is 3.81. The van der Waals surface area contributed by atoms with Gasteiger partial charge in [0.1, 0.15) is 18.2 Å². The van der Waals surface area contributed by atoms with E-state index in [0.717, 1.165) is 38.2 Å². The number of para-hydroxylation sites is 2. The van der Waals surface area contributed by atoms with E-state index < -0.39 is 5.97 Å². The zero-order chi connectivity index (χ0) is 34.7. The number of aromatic nitrogens is 4. The molecule has 252 valence electrons. The number of thiazole rings is 1. The Morgan fingerprint density at radius 1 is 0.882 bits per heavy atom. The van der Waals surface area contributed by atoms with E-state index in [1.807, 2.05) is 114 Å². The quantitative estimate of drug-likeness (QED) is 0.150. The van der Waals surface area contributed by atoms with Crippen LogP contribution in [0.3, 0.4) is 0 Å². The number of nitrogens with one attached hydrogen (secondary N) is 1. The third-order valence-corrected chi connectivity index (χ3v) is 9.88. The van der Waals surface area contributed by atoms with Crippen LogP contribution in [0.4, 0.5) is 10.9 Å². The van der Waals surface area contributed by atoms with Gasteiger partial charge >= 0.3 is 5.97 Å². The number of carbonyl (C=O) groups excluding carboxylic acids is 1. The summed E-state index contributed by atoms with van der Waals surface area (Å²) >= 11 is 1.43. The molecule has 0 saturated heterocycles. The van der Waals surface area contributed by atoms with Crippen LogP contribution < -0.4 is 15.0 Å². The summed E-state index contributed by atoms with van der Waals surface area (Å²) in [6.07, 6.45) is 4.17. The van der Waals surface area contributed by atoms with Gasteiger partial charge in [0.2, 0.25) is 0 Å². The van der Waals surface area contributed by atoms with Crippen molar-refractivity contribution in [1.29, 1.82) is 0 Å². The van der Waals surface area contributed by atoms with Crippen molar-refractivity contribution in [2.75, 3.05) is 16.8 Å². The molecule has 0 unspecified atom stereocenters. The molecule has 0 spiro atoms. The first-order chi connectivity index (χ1) is 25.0. The van der Waals surface area contributed by atoms with Crippen LogP contribution in [0, 0.1) is 0 Å². The number of hydrogen-bond acceptors (Lipinski definition) is 8. The van der Waals surface area contributed by atoms with Crippen molar-refractivity contribution in [3.63, 3.8) is 0 Å². The number of aromatic carboxylic acids is 1. The fraction of sp³-hybridized carbons (Fsp3) is 0.125. The monoisotopic (exact) mass is 692 g/mol. The SMILES string of the molecule is O=C(Nc1nc2ccccc2s1)c1cccc2c1CN(c1ccc(-c3cnn(Cc4ccccc4OCc4ccccc4)c3)c(C(=O)O)n1)CC2. The molecule has 0 fully saturated rings. The van der Waals surface area contributed by atoms with E-state index in [4.69, 9.17) is 4.74 Å². The van der Waals surface area contributed by atoms with Gasteiger partial charge in [0.25, 0.3) is 5.91 Å². The number of hydrogen-bond donors (Lipinski definition) is 2. The summed E-state index contributed by atoms with van der Waals surface area (Å²) in [6.45, 7) is 1.93. The van der Waals surface area contributed by atoms with Gasteiger partial charge in [0, 0.05) is 41.5 Å². The molecule has 51 heavy (non-hydrogen) atoms. The molecule has 11 heteroatoms. The number of carboxylic acid groups (broad SMARTS) is 1. The van der Waals surface area contributed by atoms with Gasteiger partial charge in [0.05, 0.1) is 23.0 Å². The molecule has 0 bridgehead atoms. The highest BCUT2D eigenvalue weighted by molar-refractivity contribution is 7.22. The van der Waals surface area contributed by atoms with Gasteiger partial charge < -0.3 is 14.7 Å². The zero-order valence-electron chi connectivity index (χ0n) is 27.4. The molecular weight excluding hydrogens is 661 g/mol. The fourth-order valence-electron chi connectivity index (χ4n) is 6.37. The van der Waals surface area contributed by atoms with Gasteiger partial charge in [-0.05, 0) is 59.5 Å². The minimum Gasteiger partial charge on any atom is -0.489 e. The van der Waals surface area contributed by atoms with Crippen LogP contribution in [-0.2, 0) is 26.1 Å². The second-order valence-corrected chi connectivity index (χ2v) is 13.3. The number of pyridine rings is 1. The first-order valence-electron chi connectivity index (χ1n) is 16.5. The minimum absolute atomic E-state index is 0.0636. The molecule has 10 nitrogen and oxygen atoms in total. The average molecular weight is 693 g/mol. The predicted octanol–water partition coefficient (Wildman–Crippen LogP) is 7.70. The van der Waals surface area contributed by atoms with E-state index in [2.05, 4.69) is 20.4 Å². The first kappa shape index (κ1) is 31.9. The summed E-state index contributed by atoms with van der Waals surface area (Å²) in [6, 6.07) is 34.9. The molecule has 3 aromatic heterocycles. The molecule has 1 aliphatic rings. The number of anilines is 2. The number of amides is 1. The Hall–Kier alpha value is -6.33. The van der Waals surface area contributed by atoms with Crippen molar-refractivity contribution in [3.8, 4) is 16.9 Å². The second kappa shape index (κ2) is 13.9. The largest absolute Gasteiger partial charge is 0.489 e. The maximum atomic E-state index is 13.5. The molecule has 0 saturated carbocycles.